The zero-order valence-electron chi connectivity index (χ0n) is 9.93. The van der Waals surface area contributed by atoms with Crippen LogP contribution >= 0.6 is 24.0 Å². The first-order valence-corrected chi connectivity index (χ1v) is 5.49. The fourth-order valence-electron chi connectivity index (χ4n) is 1.20. The van der Waals surface area contributed by atoms with Gasteiger partial charge < -0.3 is 20.6 Å². The molecular weight excluding hydrogens is 333 g/mol. The van der Waals surface area contributed by atoms with E-state index in [4.69, 9.17) is 10.2 Å². The van der Waals surface area contributed by atoms with Crippen LogP contribution in [-0.2, 0) is 0 Å². The number of aliphatic imine (C=N–C) groups is 1. The first kappa shape index (κ1) is 16.2. The Kier molecular flexibility index (Phi) is 8.87. The Labute approximate surface area is 119 Å². The molecule has 1 aromatic heterocycles. The molecule has 0 spiro atoms. The smallest absolute Gasteiger partial charge is 0.188 e. The highest BCUT2D eigenvalue weighted by atomic mass is 127. The number of guanidine groups is 1. The molecule has 5 nitrogen and oxygen atoms in total. The standard InChI is InChI=1S/C11H19N3O2.HI/c1-2-3-6-13-11(12)14-8-9(15)10-5-4-7-16-10;/h4-5,7,9,15H,2-3,6,8H2,1H3,(H3,12,13,14);1H. The van der Waals surface area contributed by atoms with Gasteiger partial charge in [-0.2, -0.15) is 0 Å². The van der Waals surface area contributed by atoms with E-state index in [9.17, 15) is 5.11 Å². The van der Waals surface area contributed by atoms with Gasteiger partial charge in [-0.3, -0.25) is 4.99 Å². The van der Waals surface area contributed by atoms with Gasteiger partial charge in [0.2, 0.25) is 0 Å². The average Bonchev–Trinajstić information content (AvgIpc) is 2.79. The lowest BCUT2D eigenvalue weighted by atomic mass is 10.3. The molecule has 0 aliphatic rings. The Morgan fingerprint density at radius 2 is 2.41 bits per heavy atom. The second kappa shape index (κ2) is 9.29. The average molecular weight is 353 g/mol. The van der Waals surface area contributed by atoms with Gasteiger partial charge in [0.1, 0.15) is 11.9 Å². The van der Waals surface area contributed by atoms with E-state index in [1.807, 2.05) is 0 Å². The molecule has 1 rings (SSSR count). The third kappa shape index (κ3) is 6.52. The Hall–Kier alpha value is -0.760. The van der Waals surface area contributed by atoms with E-state index >= 15 is 0 Å². The predicted octanol–water partition coefficient (Wildman–Crippen LogP) is 1.64. The minimum atomic E-state index is -0.735. The van der Waals surface area contributed by atoms with Crippen molar-refractivity contribution in [2.24, 2.45) is 10.7 Å². The summed E-state index contributed by atoms with van der Waals surface area (Å²) in [5, 5.41) is 12.6. The molecule has 1 heterocycles. The minimum absolute atomic E-state index is 0. The van der Waals surface area contributed by atoms with Crippen molar-refractivity contribution in [1.82, 2.24) is 5.32 Å². The molecule has 6 heteroatoms. The fraction of sp³-hybridized carbons (Fsp3) is 0.545. The topological polar surface area (TPSA) is 83.8 Å². The first-order valence-electron chi connectivity index (χ1n) is 5.49. The molecule has 0 bridgehead atoms. The molecular formula is C11H20IN3O2. The lowest BCUT2D eigenvalue weighted by Gasteiger charge is -2.06. The van der Waals surface area contributed by atoms with Crippen molar-refractivity contribution in [2.45, 2.75) is 25.9 Å². The number of nitrogens with zero attached hydrogens (tertiary/aromatic N) is 1. The van der Waals surface area contributed by atoms with Crippen LogP contribution < -0.4 is 11.1 Å². The first-order chi connectivity index (χ1) is 7.74. The van der Waals surface area contributed by atoms with Crippen molar-refractivity contribution < 1.29 is 9.52 Å². The van der Waals surface area contributed by atoms with E-state index in [1.165, 1.54) is 6.26 Å². The van der Waals surface area contributed by atoms with Crippen LogP contribution in [0.2, 0.25) is 0 Å². The summed E-state index contributed by atoms with van der Waals surface area (Å²) in [4.78, 5) is 4.03. The number of aliphatic hydroxyl groups excluding tert-OH is 1. The van der Waals surface area contributed by atoms with Crippen LogP contribution in [0.4, 0.5) is 0 Å². The summed E-state index contributed by atoms with van der Waals surface area (Å²) >= 11 is 0. The van der Waals surface area contributed by atoms with Gasteiger partial charge in [-0.05, 0) is 18.6 Å². The summed E-state index contributed by atoms with van der Waals surface area (Å²) in [5.74, 6) is 0.865. The van der Waals surface area contributed by atoms with Crippen molar-refractivity contribution in [3.63, 3.8) is 0 Å². The van der Waals surface area contributed by atoms with Crippen LogP contribution in [-0.4, -0.2) is 24.2 Å². The summed E-state index contributed by atoms with van der Waals surface area (Å²) in [6, 6.07) is 3.44. The molecule has 1 unspecified atom stereocenters. The second-order valence-corrected chi connectivity index (χ2v) is 3.54. The van der Waals surface area contributed by atoms with E-state index < -0.39 is 6.10 Å². The molecule has 0 radical (unpaired) electrons. The Balaban J connectivity index is 0.00000256. The lowest BCUT2D eigenvalue weighted by molar-refractivity contribution is 0.158. The van der Waals surface area contributed by atoms with Crippen molar-refractivity contribution in [3.05, 3.63) is 24.2 Å². The molecule has 0 aliphatic carbocycles. The number of rotatable bonds is 6. The molecule has 0 saturated heterocycles. The van der Waals surface area contributed by atoms with Crippen molar-refractivity contribution >= 4 is 29.9 Å². The maximum Gasteiger partial charge on any atom is 0.188 e. The number of unbranched alkanes of at least 4 members (excludes halogenated alkanes) is 1. The molecule has 0 aromatic carbocycles. The number of hydrogen-bond donors (Lipinski definition) is 3. The van der Waals surface area contributed by atoms with Gasteiger partial charge in [0.25, 0.3) is 0 Å². The Morgan fingerprint density at radius 3 is 3.00 bits per heavy atom. The van der Waals surface area contributed by atoms with E-state index in [0.717, 1.165) is 19.4 Å². The fourth-order valence-corrected chi connectivity index (χ4v) is 1.20. The van der Waals surface area contributed by atoms with Crippen LogP contribution in [0.25, 0.3) is 0 Å². The van der Waals surface area contributed by atoms with Crippen LogP contribution in [0.1, 0.15) is 31.6 Å². The summed E-state index contributed by atoms with van der Waals surface area (Å²) in [5.41, 5.74) is 5.61. The maximum absolute atomic E-state index is 9.65. The predicted molar refractivity (Wildman–Crippen MR) is 78.5 cm³/mol. The van der Waals surface area contributed by atoms with Gasteiger partial charge in [0.05, 0.1) is 12.8 Å². The second-order valence-electron chi connectivity index (χ2n) is 3.54. The van der Waals surface area contributed by atoms with Gasteiger partial charge >= 0.3 is 0 Å². The number of nitrogens with one attached hydrogen (secondary N) is 1. The van der Waals surface area contributed by atoms with Gasteiger partial charge in [-0.25, -0.2) is 0 Å². The Morgan fingerprint density at radius 1 is 1.65 bits per heavy atom. The third-order valence-corrected chi connectivity index (χ3v) is 2.14. The van der Waals surface area contributed by atoms with Gasteiger partial charge in [-0.1, -0.05) is 13.3 Å². The Bertz CT molecular complexity index is 315. The summed E-state index contributed by atoms with van der Waals surface area (Å²) in [6.45, 7) is 3.12. The monoisotopic (exact) mass is 353 g/mol. The maximum atomic E-state index is 9.65. The molecule has 0 saturated carbocycles. The highest BCUT2D eigenvalue weighted by molar-refractivity contribution is 14.0. The van der Waals surface area contributed by atoms with Gasteiger partial charge in [0, 0.05) is 6.54 Å². The number of halogens is 1. The molecule has 17 heavy (non-hydrogen) atoms. The molecule has 0 fully saturated rings. The summed E-state index contributed by atoms with van der Waals surface area (Å²) in [7, 11) is 0. The molecule has 98 valence electrons. The molecule has 0 aliphatic heterocycles. The normalized spacial score (nSPS) is 12.9. The quantitative estimate of drug-likeness (QED) is 0.314. The third-order valence-electron chi connectivity index (χ3n) is 2.14. The van der Waals surface area contributed by atoms with E-state index in [-0.39, 0.29) is 30.5 Å². The lowest BCUT2D eigenvalue weighted by Crippen LogP contribution is -2.32. The molecule has 1 aromatic rings. The largest absolute Gasteiger partial charge is 0.467 e. The van der Waals surface area contributed by atoms with E-state index in [1.54, 1.807) is 12.1 Å². The number of hydrogen-bond acceptors (Lipinski definition) is 3. The SMILES string of the molecule is CCCCNC(N)=NCC(O)c1ccco1.I. The number of nitrogens with two attached hydrogens (primary N) is 1. The van der Waals surface area contributed by atoms with E-state index in [0.29, 0.717) is 11.7 Å². The van der Waals surface area contributed by atoms with Crippen LogP contribution in [0.15, 0.2) is 27.8 Å². The number of furan rings is 1. The highest BCUT2D eigenvalue weighted by Gasteiger charge is 2.08. The summed E-state index contributed by atoms with van der Waals surface area (Å²) < 4.78 is 5.05. The van der Waals surface area contributed by atoms with E-state index in [2.05, 4.69) is 17.2 Å². The van der Waals surface area contributed by atoms with Gasteiger partial charge in [0.15, 0.2) is 5.96 Å². The zero-order chi connectivity index (χ0) is 11.8. The van der Waals surface area contributed by atoms with Crippen LogP contribution in [0.3, 0.4) is 0 Å². The van der Waals surface area contributed by atoms with Gasteiger partial charge in [-0.15, -0.1) is 24.0 Å². The van der Waals surface area contributed by atoms with Crippen molar-refractivity contribution in [3.8, 4) is 0 Å². The van der Waals surface area contributed by atoms with Crippen molar-refractivity contribution in [2.75, 3.05) is 13.1 Å². The molecule has 0 amide bonds. The minimum Gasteiger partial charge on any atom is -0.467 e. The summed E-state index contributed by atoms with van der Waals surface area (Å²) in [6.07, 6.45) is 2.94. The van der Waals surface area contributed by atoms with Crippen molar-refractivity contribution in [1.29, 1.82) is 0 Å². The zero-order valence-corrected chi connectivity index (χ0v) is 12.3. The molecule has 1 atom stereocenters. The molecule has 4 N–H and O–H groups in total. The number of aliphatic hydroxyl groups is 1. The highest BCUT2D eigenvalue weighted by Crippen LogP contribution is 2.12. The van der Waals surface area contributed by atoms with Crippen LogP contribution in [0, 0.1) is 0 Å². The van der Waals surface area contributed by atoms with Crippen LogP contribution in [0.5, 0.6) is 0 Å².